The van der Waals surface area contributed by atoms with E-state index in [0.29, 0.717) is 37.6 Å². The van der Waals surface area contributed by atoms with Crippen LogP contribution < -0.4 is 15.1 Å². The molecule has 0 spiro atoms. The molecule has 0 atom stereocenters. The molecule has 2 fully saturated rings. The lowest BCUT2D eigenvalue weighted by atomic mass is 10.1. The zero-order valence-electron chi connectivity index (χ0n) is 16.0. The summed E-state index contributed by atoms with van der Waals surface area (Å²) in [5, 5.41) is 2.70. The average molecular weight is 480 g/mol. The summed E-state index contributed by atoms with van der Waals surface area (Å²) in [5.74, 6) is -1.82. The van der Waals surface area contributed by atoms with E-state index in [9.17, 15) is 14.0 Å². The van der Waals surface area contributed by atoms with Crippen molar-refractivity contribution < 1.29 is 18.7 Å². The molecule has 2 aromatic rings. The number of amides is 2. The lowest BCUT2D eigenvalue weighted by Gasteiger charge is -2.30. The molecule has 2 amide bonds. The summed E-state index contributed by atoms with van der Waals surface area (Å²) in [7, 11) is 0. The Balaban J connectivity index is 1.67. The van der Waals surface area contributed by atoms with Crippen LogP contribution >= 0.6 is 35.4 Å². The highest BCUT2D eigenvalue weighted by Gasteiger charge is 2.35. The lowest BCUT2D eigenvalue weighted by molar-refractivity contribution is -0.122. The molecule has 160 valence electrons. The highest BCUT2D eigenvalue weighted by molar-refractivity contribution is 7.80. The third-order valence-corrected chi connectivity index (χ3v) is 6.00. The van der Waals surface area contributed by atoms with Crippen molar-refractivity contribution in [3.63, 3.8) is 0 Å². The van der Waals surface area contributed by atoms with Crippen LogP contribution in [0.15, 0.2) is 42.0 Å². The number of hydrogen-bond donors (Lipinski definition) is 1. The number of ether oxygens (including phenoxy) is 1. The SMILES string of the molecule is O=C1NC(=S)N(c2cccc(Cl)c2Cl)C(=O)/C1=C/c1ccc(N2CCOCC2)c(F)c1. The Morgan fingerprint density at radius 3 is 2.55 bits per heavy atom. The van der Waals surface area contributed by atoms with E-state index in [1.54, 1.807) is 30.3 Å². The van der Waals surface area contributed by atoms with E-state index < -0.39 is 17.6 Å². The van der Waals surface area contributed by atoms with Crippen molar-refractivity contribution in [2.24, 2.45) is 0 Å². The first kappa shape index (κ1) is 21.7. The van der Waals surface area contributed by atoms with Crippen LogP contribution in [0.4, 0.5) is 15.8 Å². The van der Waals surface area contributed by atoms with E-state index in [0.717, 1.165) is 4.90 Å². The molecule has 2 aliphatic heterocycles. The first-order chi connectivity index (χ1) is 14.9. The summed E-state index contributed by atoms with van der Waals surface area (Å²) in [6.45, 7) is 2.24. The second-order valence-corrected chi connectivity index (χ2v) is 8.01. The molecule has 4 rings (SSSR count). The number of rotatable bonds is 3. The number of benzene rings is 2. The van der Waals surface area contributed by atoms with E-state index in [1.807, 2.05) is 4.90 Å². The predicted molar refractivity (Wildman–Crippen MR) is 122 cm³/mol. The number of morpholine rings is 1. The van der Waals surface area contributed by atoms with Gasteiger partial charge >= 0.3 is 0 Å². The summed E-state index contributed by atoms with van der Waals surface area (Å²) in [5.41, 5.74) is 0.837. The van der Waals surface area contributed by atoms with Gasteiger partial charge in [0.15, 0.2) is 5.11 Å². The molecule has 0 unspecified atom stereocenters. The molecule has 2 heterocycles. The largest absolute Gasteiger partial charge is 0.378 e. The van der Waals surface area contributed by atoms with Gasteiger partial charge in [-0.15, -0.1) is 0 Å². The second kappa shape index (κ2) is 8.92. The van der Waals surface area contributed by atoms with Crippen molar-refractivity contribution >= 4 is 69.8 Å². The molecule has 2 aliphatic rings. The summed E-state index contributed by atoms with van der Waals surface area (Å²) in [4.78, 5) is 28.5. The summed E-state index contributed by atoms with van der Waals surface area (Å²) < 4.78 is 20.0. The van der Waals surface area contributed by atoms with Gasteiger partial charge in [-0.05, 0) is 48.1 Å². The van der Waals surface area contributed by atoms with Crippen LogP contribution in [0, 0.1) is 5.82 Å². The predicted octanol–water partition coefficient (Wildman–Crippen LogP) is 3.80. The molecule has 0 radical (unpaired) electrons. The van der Waals surface area contributed by atoms with Crippen molar-refractivity contribution in [2.45, 2.75) is 0 Å². The Bertz CT molecular complexity index is 1120. The van der Waals surface area contributed by atoms with Crippen LogP contribution in [0.3, 0.4) is 0 Å². The molecule has 2 aromatic carbocycles. The molecule has 6 nitrogen and oxygen atoms in total. The lowest BCUT2D eigenvalue weighted by Crippen LogP contribution is -2.54. The summed E-state index contributed by atoms with van der Waals surface area (Å²) >= 11 is 17.4. The quantitative estimate of drug-likeness (QED) is 0.412. The van der Waals surface area contributed by atoms with Crippen LogP contribution in [-0.4, -0.2) is 43.2 Å². The first-order valence-electron chi connectivity index (χ1n) is 9.34. The van der Waals surface area contributed by atoms with Crippen LogP contribution in [-0.2, 0) is 14.3 Å². The van der Waals surface area contributed by atoms with Gasteiger partial charge < -0.3 is 9.64 Å². The minimum atomic E-state index is -0.685. The fraction of sp³-hybridized carbons (Fsp3) is 0.190. The molecule has 0 saturated carbocycles. The van der Waals surface area contributed by atoms with E-state index >= 15 is 0 Å². The number of nitrogens with zero attached hydrogens (tertiary/aromatic N) is 2. The third kappa shape index (κ3) is 4.29. The van der Waals surface area contributed by atoms with Gasteiger partial charge in [0.2, 0.25) is 0 Å². The van der Waals surface area contributed by atoms with Crippen molar-refractivity contribution in [1.82, 2.24) is 5.32 Å². The monoisotopic (exact) mass is 479 g/mol. The van der Waals surface area contributed by atoms with Gasteiger partial charge in [-0.2, -0.15) is 0 Å². The molecule has 31 heavy (non-hydrogen) atoms. The molecular weight excluding hydrogens is 464 g/mol. The van der Waals surface area contributed by atoms with Crippen molar-refractivity contribution in [3.05, 3.63) is 63.4 Å². The number of anilines is 2. The van der Waals surface area contributed by atoms with Gasteiger partial charge in [-0.3, -0.25) is 19.8 Å². The topological polar surface area (TPSA) is 61.9 Å². The number of nitrogens with one attached hydrogen (secondary N) is 1. The zero-order valence-corrected chi connectivity index (χ0v) is 18.4. The normalized spacial score (nSPS) is 18.5. The Hall–Kier alpha value is -2.52. The molecular formula is C21H16Cl2FN3O3S. The van der Waals surface area contributed by atoms with Crippen LogP contribution in [0.1, 0.15) is 5.56 Å². The summed E-state index contributed by atoms with van der Waals surface area (Å²) in [6.07, 6.45) is 1.32. The van der Waals surface area contributed by atoms with Crippen LogP contribution in [0.25, 0.3) is 6.08 Å². The van der Waals surface area contributed by atoms with Crippen molar-refractivity contribution in [3.8, 4) is 0 Å². The minimum absolute atomic E-state index is 0.120. The summed E-state index contributed by atoms with van der Waals surface area (Å²) in [6, 6.07) is 9.28. The fourth-order valence-electron chi connectivity index (χ4n) is 3.38. The first-order valence-corrected chi connectivity index (χ1v) is 10.5. The number of halogens is 3. The number of hydrogen-bond acceptors (Lipinski definition) is 5. The third-order valence-electron chi connectivity index (χ3n) is 4.91. The van der Waals surface area contributed by atoms with E-state index in [-0.39, 0.29) is 26.4 Å². The van der Waals surface area contributed by atoms with Crippen molar-refractivity contribution in [2.75, 3.05) is 36.1 Å². The molecule has 1 N–H and O–H groups in total. The van der Waals surface area contributed by atoms with Gasteiger partial charge in [0.25, 0.3) is 11.8 Å². The van der Waals surface area contributed by atoms with Gasteiger partial charge in [-0.25, -0.2) is 4.39 Å². The fourth-order valence-corrected chi connectivity index (χ4v) is 4.04. The number of carbonyl (C=O) groups is 2. The molecule has 10 heteroatoms. The standard InChI is InChI=1S/C21H16Cl2FN3O3S/c22-14-2-1-3-17(18(14)23)27-20(29)13(19(28)25-21(27)31)10-12-4-5-16(15(24)11-12)26-6-8-30-9-7-26/h1-5,10-11H,6-9H2,(H,25,28,31)/b13-10+. The van der Waals surface area contributed by atoms with E-state index in [2.05, 4.69) is 5.32 Å². The molecule has 2 saturated heterocycles. The van der Waals surface area contributed by atoms with Gasteiger partial charge in [0.1, 0.15) is 11.4 Å². The second-order valence-electron chi connectivity index (χ2n) is 6.84. The number of carbonyl (C=O) groups excluding carboxylic acids is 2. The van der Waals surface area contributed by atoms with E-state index in [4.69, 9.17) is 40.2 Å². The smallest absolute Gasteiger partial charge is 0.270 e. The molecule has 0 bridgehead atoms. The Morgan fingerprint density at radius 2 is 1.84 bits per heavy atom. The minimum Gasteiger partial charge on any atom is -0.378 e. The Morgan fingerprint density at radius 1 is 1.10 bits per heavy atom. The van der Waals surface area contributed by atoms with Crippen molar-refractivity contribution in [1.29, 1.82) is 0 Å². The van der Waals surface area contributed by atoms with Crippen LogP contribution in [0.5, 0.6) is 0 Å². The molecule has 0 aromatic heterocycles. The van der Waals surface area contributed by atoms with E-state index in [1.165, 1.54) is 12.1 Å². The zero-order chi connectivity index (χ0) is 22.1. The van der Waals surface area contributed by atoms with Gasteiger partial charge in [0, 0.05) is 13.1 Å². The maximum atomic E-state index is 14.7. The van der Waals surface area contributed by atoms with Crippen LogP contribution in [0.2, 0.25) is 10.0 Å². The Kier molecular flexibility index (Phi) is 6.24. The maximum absolute atomic E-state index is 14.7. The highest BCUT2D eigenvalue weighted by Crippen LogP contribution is 2.34. The Labute approximate surface area is 193 Å². The average Bonchev–Trinajstić information content (AvgIpc) is 2.75. The van der Waals surface area contributed by atoms with Gasteiger partial charge in [-0.1, -0.05) is 35.3 Å². The highest BCUT2D eigenvalue weighted by atomic mass is 35.5. The molecule has 0 aliphatic carbocycles. The maximum Gasteiger partial charge on any atom is 0.270 e. The number of thiocarbonyl (C=S) groups is 1. The van der Waals surface area contributed by atoms with Gasteiger partial charge in [0.05, 0.1) is 34.6 Å².